The number of fused-ring (bicyclic) bond motifs is 1. The van der Waals surface area contributed by atoms with E-state index in [1.54, 1.807) is 31.2 Å². The number of carbonyl (C=O) groups is 1. The molecule has 0 aliphatic rings. The predicted octanol–water partition coefficient (Wildman–Crippen LogP) is 2.13. The summed E-state index contributed by atoms with van der Waals surface area (Å²) in [5, 5.41) is 0.515. The molecule has 0 aliphatic carbocycles. The summed E-state index contributed by atoms with van der Waals surface area (Å²) in [5.41, 5.74) is 5.62. The van der Waals surface area contributed by atoms with Gasteiger partial charge in [-0.05, 0) is 19.4 Å². The van der Waals surface area contributed by atoms with Crippen molar-refractivity contribution in [3.63, 3.8) is 0 Å². The van der Waals surface area contributed by atoms with Crippen LogP contribution < -0.4 is 10.5 Å². The highest BCUT2D eigenvalue weighted by molar-refractivity contribution is 7.90. The number of thiophene rings is 1. The zero-order chi connectivity index (χ0) is 16.3. The van der Waals surface area contributed by atoms with E-state index in [1.807, 2.05) is 0 Å². The maximum Gasteiger partial charge on any atom is 0.349 e. The van der Waals surface area contributed by atoms with Gasteiger partial charge in [-0.15, -0.1) is 23.7 Å². The fourth-order valence-corrected chi connectivity index (χ4v) is 4.87. The largest absolute Gasteiger partial charge is 0.465 e. The molecule has 2 rings (SSSR count). The van der Waals surface area contributed by atoms with Crippen molar-refractivity contribution in [2.75, 3.05) is 13.7 Å². The van der Waals surface area contributed by atoms with Crippen LogP contribution in [0.25, 0.3) is 10.1 Å². The second-order valence-electron chi connectivity index (χ2n) is 4.91. The number of carbonyl (C=O) groups excluding carboxylic acids is 1. The number of sulfonamides is 1. The van der Waals surface area contributed by atoms with Gasteiger partial charge in [-0.1, -0.05) is 18.2 Å². The van der Waals surface area contributed by atoms with Gasteiger partial charge in [0.25, 0.3) is 0 Å². The first-order valence-electron chi connectivity index (χ1n) is 6.72. The smallest absolute Gasteiger partial charge is 0.349 e. The van der Waals surface area contributed by atoms with Crippen LogP contribution in [0.15, 0.2) is 29.2 Å². The number of esters is 1. The van der Waals surface area contributed by atoms with Crippen molar-refractivity contribution < 1.29 is 17.9 Å². The van der Waals surface area contributed by atoms with Gasteiger partial charge in [-0.3, -0.25) is 0 Å². The van der Waals surface area contributed by atoms with Crippen LogP contribution in [0, 0.1) is 0 Å². The summed E-state index contributed by atoms with van der Waals surface area (Å²) >= 11 is 1.10. The highest BCUT2D eigenvalue weighted by Gasteiger charge is 2.28. The normalized spacial score (nSPS) is 12.7. The van der Waals surface area contributed by atoms with Gasteiger partial charge in [0.2, 0.25) is 10.0 Å². The molecule has 128 valence electrons. The molecule has 0 saturated heterocycles. The summed E-state index contributed by atoms with van der Waals surface area (Å²) in [4.78, 5) is 12.0. The minimum atomic E-state index is -3.82. The lowest BCUT2D eigenvalue weighted by molar-refractivity contribution is 0.0602. The SMILES string of the molecule is COC(=O)c1sc2ccccc2c1S(=O)(=O)NCCC(C)N.Cl. The van der Waals surface area contributed by atoms with Crippen molar-refractivity contribution in [3.8, 4) is 0 Å². The van der Waals surface area contributed by atoms with E-state index in [9.17, 15) is 13.2 Å². The van der Waals surface area contributed by atoms with Crippen molar-refractivity contribution >= 4 is 49.8 Å². The predicted molar refractivity (Wildman–Crippen MR) is 93.9 cm³/mol. The summed E-state index contributed by atoms with van der Waals surface area (Å²) in [6, 6.07) is 6.87. The Bertz CT molecular complexity index is 787. The number of ether oxygens (including phenoxy) is 1. The average molecular weight is 379 g/mol. The third kappa shape index (κ3) is 4.42. The zero-order valence-electron chi connectivity index (χ0n) is 12.7. The van der Waals surface area contributed by atoms with Gasteiger partial charge in [0, 0.05) is 22.7 Å². The molecule has 3 N–H and O–H groups in total. The second kappa shape index (κ2) is 8.07. The van der Waals surface area contributed by atoms with Crippen molar-refractivity contribution in [1.29, 1.82) is 0 Å². The third-order valence-electron chi connectivity index (χ3n) is 3.08. The molecule has 0 spiro atoms. The molecule has 2 aromatic rings. The molecule has 1 aromatic carbocycles. The Morgan fingerprint density at radius 3 is 2.65 bits per heavy atom. The van der Waals surface area contributed by atoms with Gasteiger partial charge in [0.1, 0.15) is 9.77 Å². The molecule has 1 atom stereocenters. The highest BCUT2D eigenvalue weighted by Crippen LogP contribution is 2.35. The third-order valence-corrected chi connectivity index (χ3v) is 5.91. The van der Waals surface area contributed by atoms with Crippen molar-refractivity contribution in [3.05, 3.63) is 29.1 Å². The fourth-order valence-electron chi connectivity index (χ4n) is 2.01. The van der Waals surface area contributed by atoms with Crippen LogP contribution in [-0.2, 0) is 14.8 Å². The van der Waals surface area contributed by atoms with Gasteiger partial charge in [-0.2, -0.15) is 0 Å². The Labute approximate surface area is 145 Å². The van der Waals surface area contributed by atoms with E-state index in [-0.39, 0.29) is 34.8 Å². The Morgan fingerprint density at radius 2 is 2.04 bits per heavy atom. The molecule has 1 unspecified atom stereocenters. The fraction of sp³-hybridized carbons (Fsp3) is 0.357. The van der Waals surface area contributed by atoms with Crippen LogP contribution in [0.2, 0.25) is 0 Å². The van der Waals surface area contributed by atoms with Gasteiger partial charge in [0.05, 0.1) is 7.11 Å². The summed E-state index contributed by atoms with van der Waals surface area (Å²) in [7, 11) is -2.59. The molecule has 0 fully saturated rings. The number of nitrogens with two attached hydrogens (primary N) is 1. The van der Waals surface area contributed by atoms with E-state index >= 15 is 0 Å². The average Bonchev–Trinajstić information content (AvgIpc) is 2.85. The topological polar surface area (TPSA) is 98.5 Å². The van der Waals surface area contributed by atoms with Crippen molar-refractivity contribution in [1.82, 2.24) is 4.72 Å². The van der Waals surface area contributed by atoms with Crippen LogP contribution in [0.3, 0.4) is 0 Å². The molecule has 0 aliphatic heterocycles. The van der Waals surface area contributed by atoms with E-state index in [0.29, 0.717) is 11.8 Å². The molecule has 0 saturated carbocycles. The second-order valence-corrected chi connectivity index (χ2v) is 7.67. The number of rotatable bonds is 6. The quantitative estimate of drug-likeness (QED) is 0.750. The zero-order valence-corrected chi connectivity index (χ0v) is 15.2. The van der Waals surface area contributed by atoms with Crippen LogP contribution >= 0.6 is 23.7 Å². The van der Waals surface area contributed by atoms with Crippen molar-refractivity contribution in [2.24, 2.45) is 5.73 Å². The number of methoxy groups -OCH3 is 1. The Hall–Kier alpha value is -1.19. The standard InChI is InChI=1S/C14H18N2O4S2.ClH/c1-9(15)7-8-16-22(18,19)13-10-5-3-4-6-11(10)21-12(13)14(17)20-2;/h3-6,9,16H,7-8,15H2,1-2H3;1H. The molecule has 23 heavy (non-hydrogen) atoms. The number of benzene rings is 1. The molecule has 0 radical (unpaired) electrons. The van der Waals surface area contributed by atoms with E-state index in [1.165, 1.54) is 7.11 Å². The first-order valence-corrected chi connectivity index (χ1v) is 9.02. The van der Waals surface area contributed by atoms with E-state index in [4.69, 9.17) is 10.5 Å². The molecular weight excluding hydrogens is 360 g/mol. The Balaban J connectivity index is 0.00000264. The summed E-state index contributed by atoms with van der Waals surface area (Å²) in [6.07, 6.45) is 0.509. The van der Waals surface area contributed by atoms with Crippen molar-refractivity contribution in [2.45, 2.75) is 24.3 Å². The molecule has 6 nitrogen and oxygen atoms in total. The highest BCUT2D eigenvalue weighted by atomic mass is 35.5. The summed E-state index contributed by atoms with van der Waals surface area (Å²) < 4.78 is 33.1. The van der Waals surface area contributed by atoms with E-state index in [0.717, 1.165) is 16.0 Å². The minimum absolute atomic E-state index is 0. The summed E-state index contributed by atoms with van der Waals surface area (Å²) in [5.74, 6) is -0.659. The molecule has 0 amide bonds. The lowest BCUT2D eigenvalue weighted by Gasteiger charge is -2.09. The van der Waals surface area contributed by atoms with Crippen LogP contribution in [-0.4, -0.2) is 34.1 Å². The molecule has 9 heteroatoms. The van der Waals surface area contributed by atoms with E-state index < -0.39 is 16.0 Å². The van der Waals surface area contributed by atoms with Crippen LogP contribution in [0.5, 0.6) is 0 Å². The Morgan fingerprint density at radius 1 is 1.39 bits per heavy atom. The van der Waals surface area contributed by atoms with Gasteiger partial charge in [-0.25, -0.2) is 17.9 Å². The number of hydrogen-bond acceptors (Lipinski definition) is 6. The molecule has 0 bridgehead atoms. The lowest BCUT2D eigenvalue weighted by Crippen LogP contribution is -2.29. The first-order chi connectivity index (χ1) is 10.4. The number of halogens is 1. The van der Waals surface area contributed by atoms with Gasteiger partial charge >= 0.3 is 5.97 Å². The lowest BCUT2D eigenvalue weighted by atomic mass is 10.2. The maximum atomic E-state index is 12.6. The first kappa shape index (κ1) is 19.9. The maximum absolute atomic E-state index is 12.6. The minimum Gasteiger partial charge on any atom is -0.465 e. The summed E-state index contributed by atoms with van der Waals surface area (Å²) in [6.45, 7) is 2.01. The van der Waals surface area contributed by atoms with Crippen LogP contribution in [0.4, 0.5) is 0 Å². The number of hydrogen-bond donors (Lipinski definition) is 2. The number of nitrogens with one attached hydrogen (secondary N) is 1. The Kier molecular flexibility index (Phi) is 6.97. The molecule has 1 aromatic heterocycles. The monoisotopic (exact) mass is 378 g/mol. The van der Waals surface area contributed by atoms with Crippen LogP contribution in [0.1, 0.15) is 23.0 Å². The van der Waals surface area contributed by atoms with E-state index in [2.05, 4.69) is 4.72 Å². The molecular formula is C14H19ClN2O4S2. The molecule has 1 heterocycles. The van der Waals surface area contributed by atoms with Gasteiger partial charge < -0.3 is 10.5 Å². The van der Waals surface area contributed by atoms with Gasteiger partial charge in [0.15, 0.2) is 0 Å².